The minimum atomic E-state index is 0.439. The second kappa shape index (κ2) is 10.8. The summed E-state index contributed by atoms with van der Waals surface area (Å²) in [7, 11) is 0. The van der Waals surface area contributed by atoms with Crippen molar-refractivity contribution in [3.63, 3.8) is 0 Å². The molecule has 35 heavy (non-hydrogen) atoms. The van der Waals surface area contributed by atoms with Gasteiger partial charge in [-0.05, 0) is 74.7 Å². The Morgan fingerprint density at radius 3 is 2.26 bits per heavy atom. The van der Waals surface area contributed by atoms with Gasteiger partial charge in [-0.1, -0.05) is 18.2 Å². The number of nitrogens with one attached hydrogen (secondary N) is 1. The predicted molar refractivity (Wildman–Crippen MR) is 142 cm³/mol. The molecule has 0 bridgehead atoms. The highest BCUT2D eigenvalue weighted by Crippen LogP contribution is 2.35. The number of aromatic nitrogens is 2. The van der Waals surface area contributed by atoms with E-state index in [0.29, 0.717) is 19.3 Å². The zero-order valence-electron chi connectivity index (χ0n) is 20.6. The minimum Gasteiger partial charge on any atom is -0.492 e. The minimum absolute atomic E-state index is 0.439. The van der Waals surface area contributed by atoms with Crippen LogP contribution in [0.3, 0.4) is 0 Å². The molecule has 0 radical (unpaired) electrons. The Kier molecular flexibility index (Phi) is 7.19. The standard InChI is InChI=1S/C29H34N4O2/c1-3-34-26-19-22(20-27(35-4-2)29(26)33-15-7-8-16-33)21-32-17-13-24(14-18-32)30-28-12-11-23-9-5-6-10-25(23)31-28/h5-12,15-16,19-20,24H,3-4,13-14,17-18,21H2,1-2H3,(H,30,31). The molecule has 1 fully saturated rings. The van der Waals surface area contributed by atoms with Crippen LogP contribution in [0.15, 0.2) is 73.1 Å². The summed E-state index contributed by atoms with van der Waals surface area (Å²) in [5, 5.41) is 4.83. The number of ether oxygens (including phenoxy) is 2. The van der Waals surface area contributed by atoms with Gasteiger partial charge >= 0.3 is 0 Å². The third-order valence-electron chi connectivity index (χ3n) is 6.51. The first-order chi connectivity index (χ1) is 17.2. The summed E-state index contributed by atoms with van der Waals surface area (Å²) < 4.78 is 14.2. The lowest BCUT2D eigenvalue weighted by Gasteiger charge is -2.33. The van der Waals surface area contributed by atoms with Crippen LogP contribution in [0, 0.1) is 0 Å². The monoisotopic (exact) mass is 470 g/mol. The number of para-hydroxylation sites is 1. The number of nitrogens with zero attached hydrogens (tertiary/aromatic N) is 3. The normalized spacial score (nSPS) is 14.8. The molecule has 4 aromatic rings. The Bertz CT molecular complexity index is 1220. The quantitative estimate of drug-likeness (QED) is 0.330. The van der Waals surface area contributed by atoms with E-state index in [0.717, 1.165) is 61.0 Å². The van der Waals surface area contributed by atoms with Gasteiger partial charge in [0.05, 0.1) is 18.7 Å². The van der Waals surface area contributed by atoms with Crippen LogP contribution in [0.1, 0.15) is 32.3 Å². The molecule has 3 heterocycles. The predicted octanol–water partition coefficient (Wildman–Crippen LogP) is 5.90. The van der Waals surface area contributed by atoms with Crippen molar-refractivity contribution in [1.82, 2.24) is 14.5 Å². The highest BCUT2D eigenvalue weighted by atomic mass is 16.5. The lowest BCUT2D eigenvalue weighted by Crippen LogP contribution is -2.38. The maximum Gasteiger partial charge on any atom is 0.147 e. The molecule has 2 aromatic heterocycles. The number of rotatable bonds is 9. The summed E-state index contributed by atoms with van der Waals surface area (Å²) in [6.45, 7) is 8.24. The number of fused-ring (bicyclic) bond motifs is 1. The first-order valence-corrected chi connectivity index (χ1v) is 12.6. The summed E-state index contributed by atoms with van der Waals surface area (Å²) >= 11 is 0. The van der Waals surface area contributed by atoms with Gasteiger partial charge in [-0.15, -0.1) is 0 Å². The highest BCUT2D eigenvalue weighted by Gasteiger charge is 2.21. The first kappa shape index (κ1) is 23.2. The van der Waals surface area contributed by atoms with E-state index in [1.807, 2.05) is 44.4 Å². The molecule has 0 aliphatic carbocycles. The van der Waals surface area contributed by atoms with Crippen molar-refractivity contribution in [2.24, 2.45) is 0 Å². The zero-order valence-corrected chi connectivity index (χ0v) is 20.6. The van der Waals surface area contributed by atoms with Gasteiger partial charge in [-0.2, -0.15) is 0 Å². The number of anilines is 1. The number of benzene rings is 2. The van der Waals surface area contributed by atoms with Crippen molar-refractivity contribution in [2.75, 3.05) is 31.6 Å². The summed E-state index contributed by atoms with van der Waals surface area (Å²) in [6.07, 6.45) is 6.24. The van der Waals surface area contributed by atoms with E-state index < -0.39 is 0 Å². The van der Waals surface area contributed by atoms with E-state index in [-0.39, 0.29) is 0 Å². The van der Waals surface area contributed by atoms with Crippen LogP contribution in [0.25, 0.3) is 16.6 Å². The van der Waals surface area contributed by atoms with Gasteiger partial charge in [0.2, 0.25) is 0 Å². The van der Waals surface area contributed by atoms with Crippen LogP contribution in [0.2, 0.25) is 0 Å². The molecule has 6 heteroatoms. The van der Waals surface area contributed by atoms with Gasteiger partial charge in [0.15, 0.2) is 0 Å². The smallest absolute Gasteiger partial charge is 0.147 e. The number of likely N-dealkylation sites (tertiary alicyclic amines) is 1. The summed E-state index contributed by atoms with van der Waals surface area (Å²) in [4.78, 5) is 7.30. The average molecular weight is 471 g/mol. The largest absolute Gasteiger partial charge is 0.492 e. The van der Waals surface area contributed by atoms with E-state index in [1.54, 1.807) is 0 Å². The molecule has 0 saturated carbocycles. The van der Waals surface area contributed by atoms with Gasteiger partial charge in [0.1, 0.15) is 23.0 Å². The number of piperidine rings is 1. The van der Waals surface area contributed by atoms with E-state index in [1.165, 1.54) is 10.9 Å². The third kappa shape index (κ3) is 5.43. The van der Waals surface area contributed by atoms with E-state index in [9.17, 15) is 0 Å². The van der Waals surface area contributed by atoms with Crippen molar-refractivity contribution in [3.05, 3.63) is 78.6 Å². The Labute approximate surface area is 207 Å². The SMILES string of the molecule is CCOc1cc(CN2CCC(Nc3ccc4ccccc4n3)CC2)cc(OCC)c1-n1cccc1. The summed E-state index contributed by atoms with van der Waals surface area (Å²) in [5.41, 5.74) is 3.22. The van der Waals surface area contributed by atoms with Crippen LogP contribution in [0.5, 0.6) is 11.5 Å². The van der Waals surface area contributed by atoms with Crippen molar-refractivity contribution >= 4 is 16.7 Å². The number of hydrogen-bond donors (Lipinski definition) is 1. The first-order valence-electron chi connectivity index (χ1n) is 12.6. The lowest BCUT2D eigenvalue weighted by molar-refractivity contribution is 0.210. The second-order valence-corrected chi connectivity index (χ2v) is 8.98. The molecular formula is C29H34N4O2. The molecular weight excluding hydrogens is 436 g/mol. The topological polar surface area (TPSA) is 51.6 Å². The summed E-state index contributed by atoms with van der Waals surface area (Å²) in [6, 6.07) is 21.3. The van der Waals surface area contributed by atoms with Crippen molar-refractivity contribution in [1.29, 1.82) is 0 Å². The van der Waals surface area contributed by atoms with Crippen LogP contribution in [-0.4, -0.2) is 46.8 Å². The lowest BCUT2D eigenvalue weighted by atomic mass is 10.0. The average Bonchev–Trinajstić information content (AvgIpc) is 3.40. The van der Waals surface area contributed by atoms with Crippen LogP contribution in [-0.2, 0) is 6.54 Å². The van der Waals surface area contributed by atoms with Crippen LogP contribution in [0.4, 0.5) is 5.82 Å². The fraction of sp³-hybridized carbons (Fsp3) is 0.345. The Hall–Kier alpha value is -3.51. The fourth-order valence-electron chi connectivity index (χ4n) is 4.85. The van der Waals surface area contributed by atoms with E-state index >= 15 is 0 Å². The van der Waals surface area contributed by atoms with E-state index in [4.69, 9.17) is 14.5 Å². The Morgan fingerprint density at radius 2 is 1.57 bits per heavy atom. The van der Waals surface area contributed by atoms with Crippen molar-refractivity contribution < 1.29 is 9.47 Å². The molecule has 6 nitrogen and oxygen atoms in total. The molecule has 2 aromatic carbocycles. The Balaban J connectivity index is 1.25. The molecule has 0 amide bonds. The van der Waals surface area contributed by atoms with Gasteiger partial charge in [-0.3, -0.25) is 4.90 Å². The van der Waals surface area contributed by atoms with Gasteiger partial charge in [0, 0.05) is 43.5 Å². The zero-order chi connectivity index (χ0) is 24.0. The van der Waals surface area contributed by atoms with Crippen molar-refractivity contribution in [2.45, 2.75) is 39.3 Å². The molecule has 1 aliphatic rings. The third-order valence-corrected chi connectivity index (χ3v) is 6.51. The molecule has 0 spiro atoms. The van der Waals surface area contributed by atoms with Crippen LogP contribution >= 0.6 is 0 Å². The Morgan fingerprint density at radius 1 is 0.886 bits per heavy atom. The molecule has 1 saturated heterocycles. The van der Waals surface area contributed by atoms with E-state index in [2.05, 4.69) is 57.2 Å². The molecule has 0 unspecified atom stereocenters. The maximum atomic E-state index is 6.06. The highest BCUT2D eigenvalue weighted by molar-refractivity contribution is 5.80. The number of hydrogen-bond acceptors (Lipinski definition) is 5. The van der Waals surface area contributed by atoms with Gasteiger partial charge in [-0.25, -0.2) is 4.98 Å². The van der Waals surface area contributed by atoms with Crippen LogP contribution < -0.4 is 14.8 Å². The molecule has 0 atom stereocenters. The fourth-order valence-corrected chi connectivity index (χ4v) is 4.85. The molecule has 1 aliphatic heterocycles. The maximum absolute atomic E-state index is 6.06. The molecule has 182 valence electrons. The second-order valence-electron chi connectivity index (χ2n) is 8.98. The molecule has 5 rings (SSSR count). The van der Waals surface area contributed by atoms with Crippen molar-refractivity contribution in [3.8, 4) is 17.2 Å². The summed E-state index contributed by atoms with van der Waals surface area (Å²) in [5.74, 6) is 2.69. The van der Waals surface area contributed by atoms with Gasteiger partial charge < -0.3 is 19.4 Å². The molecule has 1 N–H and O–H groups in total. The number of pyridine rings is 1. The van der Waals surface area contributed by atoms with Gasteiger partial charge in [0.25, 0.3) is 0 Å².